The summed E-state index contributed by atoms with van der Waals surface area (Å²) in [7, 11) is 0. The third-order valence-electron chi connectivity index (χ3n) is 4.19. The van der Waals surface area contributed by atoms with Crippen LogP contribution in [0.1, 0.15) is 24.8 Å². The monoisotopic (exact) mass is 341 g/mol. The lowest BCUT2D eigenvalue weighted by atomic mass is 10.1. The molecule has 0 radical (unpaired) electrons. The van der Waals surface area contributed by atoms with Crippen LogP contribution < -0.4 is 14.8 Å². The van der Waals surface area contributed by atoms with Crippen LogP contribution in [0.4, 0.5) is 0 Å². The van der Waals surface area contributed by atoms with Gasteiger partial charge in [-0.1, -0.05) is 30.3 Å². The predicted molar refractivity (Wildman–Crippen MR) is 99.2 cm³/mol. The van der Waals surface area contributed by atoms with E-state index in [1.165, 1.54) is 12.0 Å². The van der Waals surface area contributed by atoms with Crippen molar-refractivity contribution < 1.29 is 14.2 Å². The molecular formula is C21H27NO3. The molecule has 25 heavy (non-hydrogen) atoms. The molecule has 1 aliphatic heterocycles. The summed E-state index contributed by atoms with van der Waals surface area (Å²) in [6, 6.07) is 18.1. The molecule has 1 unspecified atom stereocenters. The van der Waals surface area contributed by atoms with E-state index in [0.29, 0.717) is 19.8 Å². The molecule has 1 heterocycles. The summed E-state index contributed by atoms with van der Waals surface area (Å²) >= 11 is 0. The van der Waals surface area contributed by atoms with Gasteiger partial charge in [0.2, 0.25) is 0 Å². The largest absolute Gasteiger partial charge is 0.494 e. The summed E-state index contributed by atoms with van der Waals surface area (Å²) in [5, 5.41) is 3.36. The van der Waals surface area contributed by atoms with Gasteiger partial charge in [0.05, 0.1) is 19.8 Å². The highest BCUT2D eigenvalue weighted by molar-refractivity contribution is 5.31. The van der Waals surface area contributed by atoms with Crippen molar-refractivity contribution >= 4 is 0 Å². The van der Waals surface area contributed by atoms with Crippen LogP contribution in [-0.2, 0) is 11.3 Å². The maximum atomic E-state index is 5.97. The van der Waals surface area contributed by atoms with Crippen LogP contribution in [0.15, 0.2) is 54.6 Å². The number of rotatable bonds is 9. The Morgan fingerprint density at radius 3 is 2.48 bits per heavy atom. The van der Waals surface area contributed by atoms with Crippen molar-refractivity contribution in [1.29, 1.82) is 0 Å². The number of ether oxygens (including phenoxy) is 3. The second-order valence-electron chi connectivity index (χ2n) is 6.30. The van der Waals surface area contributed by atoms with Crippen molar-refractivity contribution in [3.8, 4) is 11.5 Å². The maximum Gasteiger partial charge on any atom is 0.120 e. The van der Waals surface area contributed by atoms with Gasteiger partial charge in [0.25, 0.3) is 0 Å². The van der Waals surface area contributed by atoms with Crippen LogP contribution in [0, 0.1) is 0 Å². The second-order valence-corrected chi connectivity index (χ2v) is 6.30. The SMILES string of the molecule is c1ccc(COCCCOc2ccc(OC3CCCNC3)cc2)cc1. The summed E-state index contributed by atoms with van der Waals surface area (Å²) in [5.41, 5.74) is 1.20. The zero-order chi connectivity index (χ0) is 17.2. The average Bonchev–Trinajstić information content (AvgIpc) is 2.67. The van der Waals surface area contributed by atoms with E-state index >= 15 is 0 Å². The Morgan fingerprint density at radius 2 is 1.72 bits per heavy atom. The first-order valence-corrected chi connectivity index (χ1v) is 9.12. The summed E-state index contributed by atoms with van der Waals surface area (Å²) in [5.74, 6) is 1.78. The molecule has 1 N–H and O–H groups in total. The molecule has 0 aromatic heterocycles. The standard InChI is InChI=1S/C21H27NO3/c1-2-6-18(7-3-1)17-23-14-5-15-24-19-9-11-20(12-10-19)25-21-8-4-13-22-16-21/h1-3,6-7,9-12,21-22H,4-5,8,13-17H2. The molecule has 0 amide bonds. The van der Waals surface area contributed by atoms with Gasteiger partial charge in [-0.15, -0.1) is 0 Å². The maximum absolute atomic E-state index is 5.97. The Bertz CT molecular complexity index is 594. The fourth-order valence-corrected chi connectivity index (χ4v) is 2.84. The van der Waals surface area contributed by atoms with Crippen LogP contribution in [0.5, 0.6) is 11.5 Å². The van der Waals surface area contributed by atoms with Crippen molar-refractivity contribution in [2.45, 2.75) is 32.0 Å². The molecule has 0 aliphatic carbocycles. The fourth-order valence-electron chi connectivity index (χ4n) is 2.84. The molecule has 2 aromatic carbocycles. The summed E-state index contributed by atoms with van der Waals surface area (Å²) in [6.45, 7) is 4.04. The first kappa shape index (κ1) is 17.8. The molecule has 2 aromatic rings. The third-order valence-corrected chi connectivity index (χ3v) is 4.19. The van der Waals surface area contributed by atoms with Crippen LogP contribution >= 0.6 is 0 Å². The Labute approximate surface area is 150 Å². The normalized spacial score (nSPS) is 17.2. The number of benzene rings is 2. The van der Waals surface area contributed by atoms with Crippen molar-refractivity contribution in [2.75, 3.05) is 26.3 Å². The highest BCUT2D eigenvalue weighted by Gasteiger charge is 2.14. The van der Waals surface area contributed by atoms with E-state index < -0.39 is 0 Å². The van der Waals surface area contributed by atoms with Crippen LogP contribution in [0.3, 0.4) is 0 Å². The van der Waals surface area contributed by atoms with E-state index in [1.54, 1.807) is 0 Å². The molecule has 1 atom stereocenters. The topological polar surface area (TPSA) is 39.7 Å². The first-order chi connectivity index (χ1) is 12.4. The molecule has 4 nitrogen and oxygen atoms in total. The molecule has 134 valence electrons. The van der Waals surface area contributed by atoms with Gasteiger partial charge in [0.1, 0.15) is 17.6 Å². The smallest absolute Gasteiger partial charge is 0.120 e. The summed E-state index contributed by atoms with van der Waals surface area (Å²) in [4.78, 5) is 0. The number of hydrogen-bond acceptors (Lipinski definition) is 4. The molecule has 0 spiro atoms. The van der Waals surface area contributed by atoms with Gasteiger partial charge in [-0.2, -0.15) is 0 Å². The van der Waals surface area contributed by atoms with Gasteiger partial charge in [-0.05, 0) is 49.2 Å². The lowest BCUT2D eigenvalue weighted by Gasteiger charge is -2.24. The Kier molecular flexibility index (Phi) is 7.16. The van der Waals surface area contributed by atoms with Gasteiger partial charge in [-0.3, -0.25) is 0 Å². The highest BCUT2D eigenvalue weighted by atomic mass is 16.5. The van der Waals surface area contributed by atoms with E-state index in [-0.39, 0.29) is 6.10 Å². The Balaban J connectivity index is 1.29. The van der Waals surface area contributed by atoms with E-state index in [4.69, 9.17) is 14.2 Å². The molecule has 1 fully saturated rings. The fraction of sp³-hybridized carbons (Fsp3) is 0.429. The van der Waals surface area contributed by atoms with Gasteiger partial charge in [0.15, 0.2) is 0 Å². The van der Waals surface area contributed by atoms with Crippen LogP contribution in [-0.4, -0.2) is 32.4 Å². The molecular weight excluding hydrogens is 314 g/mol. The Hall–Kier alpha value is -2.04. The Morgan fingerprint density at radius 1 is 0.920 bits per heavy atom. The van der Waals surface area contributed by atoms with E-state index in [1.807, 2.05) is 42.5 Å². The highest BCUT2D eigenvalue weighted by Crippen LogP contribution is 2.20. The van der Waals surface area contributed by atoms with Gasteiger partial charge >= 0.3 is 0 Å². The minimum Gasteiger partial charge on any atom is -0.494 e. The van der Waals surface area contributed by atoms with Crippen molar-refractivity contribution in [3.63, 3.8) is 0 Å². The van der Waals surface area contributed by atoms with Crippen molar-refractivity contribution in [3.05, 3.63) is 60.2 Å². The van der Waals surface area contributed by atoms with Gasteiger partial charge < -0.3 is 19.5 Å². The summed E-state index contributed by atoms with van der Waals surface area (Å²) < 4.78 is 17.4. The zero-order valence-corrected chi connectivity index (χ0v) is 14.7. The molecule has 4 heteroatoms. The number of hydrogen-bond donors (Lipinski definition) is 1. The number of piperidine rings is 1. The van der Waals surface area contributed by atoms with Crippen molar-refractivity contribution in [2.24, 2.45) is 0 Å². The lowest BCUT2D eigenvalue weighted by Crippen LogP contribution is -2.37. The number of nitrogens with one attached hydrogen (secondary N) is 1. The quantitative estimate of drug-likeness (QED) is 0.704. The average molecular weight is 341 g/mol. The van der Waals surface area contributed by atoms with Crippen molar-refractivity contribution in [1.82, 2.24) is 5.32 Å². The first-order valence-electron chi connectivity index (χ1n) is 9.12. The molecule has 1 saturated heterocycles. The van der Waals surface area contributed by atoms with Gasteiger partial charge in [0, 0.05) is 13.0 Å². The van der Waals surface area contributed by atoms with Crippen LogP contribution in [0.25, 0.3) is 0 Å². The van der Waals surface area contributed by atoms with E-state index in [2.05, 4.69) is 17.4 Å². The minimum absolute atomic E-state index is 0.280. The second kappa shape index (κ2) is 10.1. The minimum atomic E-state index is 0.280. The molecule has 0 saturated carbocycles. The molecule has 3 rings (SSSR count). The molecule has 0 bridgehead atoms. The van der Waals surface area contributed by atoms with E-state index in [0.717, 1.165) is 37.4 Å². The van der Waals surface area contributed by atoms with Gasteiger partial charge in [-0.25, -0.2) is 0 Å². The third kappa shape index (κ3) is 6.40. The van der Waals surface area contributed by atoms with Crippen LogP contribution in [0.2, 0.25) is 0 Å². The summed E-state index contributed by atoms with van der Waals surface area (Å²) in [6.07, 6.45) is 3.45. The lowest BCUT2D eigenvalue weighted by molar-refractivity contribution is 0.107. The van der Waals surface area contributed by atoms with E-state index in [9.17, 15) is 0 Å². The molecule has 1 aliphatic rings. The predicted octanol–water partition coefficient (Wildman–Crippen LogP) is 3.80. The zero-order valence-electron chi connectivity index (χ0n) is 14.7.